The van der Waals surface area contributed by atoms with Crippen LogP contribution in [0.5, 0.6) is 0 Å². The van der Waals surface area contributed by atoms with Crippen LogP contribution in [-0.4, -0.2) is 56.9 Å². The third-order valence-electron chi connectivity index (χ3n) is 3.52. The van der Waals surface area contributed by atoms with Crippen molar-refractivity contribution in [3.8, 4) is 0 Å². The van der Waals surface area contributed by atoms with Crippen LogP contribution in [0.25, 0.3) is 0 Å². The number of halogens is 1. The average molecular weight is 363 g/mol. The predicted octanol–water partition coefficient (Wildman–Crippen LogP) is 0.451. The van der Waals surface area contributed by atoms with Crippen molar-refractivity contribution in [3.05, 3.63) is 47.5 Å². The lowest BCUT2D eigenvalue weighted by Crippen LogP contribution is -2.30. The highest BCUT2D eigenvalue weighted by atomic mass is 19.1. The minimum atomic E-state index is -1.13. The molecule has 1 aromatic heterocycles. The monoisotopic (exact) mass is 363 g/mol. The first-order chi connectivity index (χ1) is 12.3. The molecule has 0 spiro atoms. The highest BCUT2D eigenvalue weighted by molar-refractivity contribution is 5.92. The fourth-order valence-corrected chi connectivity index (χ4v) is 2.11. The third kappa shape index (κ3) is 5.10. The molecule has 0 radical (unpaired) electrons. The lowest BCUT2D eigenvalue weighted by molar-refractivity contribution is -0.137. The molecule has 0 aliphatic carbocycles. The minimum absolute atomic E-state index is 0.0611. The fraction of sp³-hybridized carbons (Fsp3) is 0.312. The van der Waals surface area contributed by atoms with Gasteiger partial charge in [0.2, 0.25) is 5.91 Å². The molecule has 138 valence electrons. The van der Waals surface area contributed by atoms with Crippen LogP contribution in [0, 0.1) is 5.82 Å². The number of amides is 2. The van der Waals surface area contributed by atoms with E-state index in [2.05, 4.69) is 15.6 Å². The molecular formula is C16H18FN5O4. The van der Waals surface area contributed by atoms with Gasteiger partial charge in [-0.15, -0.1) is 5.10 Å². The normalized spacial score (nSPS) is 11.7. The Labute approximate surface area is 148 Å². The van der Waals surface area contributed by atoms with Gasteiger partial charge in [0.1, 0.15) is 12.4 Å². The molecule has 0 bridgehead atoms. The molecule has 2 amide bonds. The topological polar surface area (TPSA) is 117 Å². The lowest BCUT2D eigenvalue weighted by Gasteiger charge is -2.16. The van der Waals surface area contributed by atoms with Gasteiger partial charge in [-0.1, -0.05) is 17.3 Å². The first kappa shape index (κ1) is 19.0. The molecule has 0 aliphatic heterocycles. The number of carboxylic acid groups (broad SMARTS) is 1. The van der Waals surface area contributed by atoms with Crippen molar-refractivity contribution in [3.63, 3.8) is 0 Å². The summed E-state index contributed by atoms with van der Waals surface area (Å²) < 4.78 is 14.3. The van der Waals surface area contributed by atoms with Crippen LogP contribution >= 0.6 is 0 Å². The molecule has 0 fully saturated rings. The van der Waals surface area contributed by atoms with Crippen molar-refractivity contribution >= 4 is 17.8 Å². The van der Waals surface area contributed by atoms with E-state index in [1.54, 1.807) is 14.1 Å². The first-order valence-corrected chi connectivity index (χ1v) is 7.64. The number of hydrogen-bond acceptors (Lipinski definition) is 5. The van der Waals surface area contributed by atoms with Gasteiger partial charge in [0.25, 0.3) is 5.91 Å². The average Bonchev–Trinajstić information content (AvgIpc) is 3.03. The Morgan fingerprint density at radius 3 is 2.50 bits per heavy atom. The summed E-state index contributed by atoms with van der Waals surface area (Å²) in [6.07, 6.45) is 0.907. The van der Waals surface area contributed by atoms with Crippen molar-refractivity contribution in [2.24, 2.45) is 0 Å². The van der Waals surface area contributed by atoms with Crippen molar-refractivity contribution in [1.29, 1.82) is 0 Å². The summed E-state index contributed by atoms with van der Waals surface area (Å²) in [5, 5.41) is 19.0. The van der Waals surface area contributed by atoms with Gasteiger partial charge >= 0.3 is 5.97 Å². The largest absolute Gasteiger partial charge is 0.481 e. The summed E-state index contributed by atoms with van der Waals surface area (Å²) in [6.45, 7) is -0.0796. The van der Waals surface area contributed by atoms with Crippen LogP contribution < -0.4 is 5.32 Å². The molecule has 0 saturated carbocycles. The number of likely N-dealkylation sites (N-methyl/N-ethyl adjacent to an activating group) is 1. The van der Waals surface area contributed by atoms with Crippen LogP contribution in [-0.2, 0) is 16.1 Å². The van der Waals surface area contributed by atoms with Crippen LogP contribution in [0.3, 0.4) is 0 Å². The molecule has 1 aromatic carbocycles. The summed E-state index contributed by atoms with van der Waals surface area (Å²) >= 11 is 0. The maximum Gasteiger partial charge on any atom is 0.305 e. The van der Waals surface area contributed by atoms with E-state index < -0.39 is 23.7 Å². The van der Waals surface area contributed by atoms with Gasteiger partial charge in [-0.3, -0.25) is 14.4 Å². The standard InChI is InChI=1S/C16H18FN5O4/c1-21(2)14(23)9-22-8-13(19-20-22)16(26)18-12(7-15(24)25)10-3-5-11(17)6-4-10/h3-6,8,12H,7,9H2,1-2H3,(H,18,26)(H,24,25). The number of rotatable bonds is 7. The molecule has 9 nitrogen and oxygen atoms in total. The molecule has 2 rings (SSSR count). The number of carbonyl (C=O) groups excluding carboxylic acids is 2. The molecule has 0 saturated heterocycles. The number of nitrogens with zero attached hydrogens (tertiary/aromatic N) is 4. The van der Waals surface area contributed by atoms with Gasteiger partial charge < -0.3 is 15.3 Å². The molecule has 1 heterocycles. The summed E-state index contributed by atoms with van der Waals surface area (Å²) in [4.78, 5) is 36.4. The summed E-state index contributed by atoms with van der Waals surface area (Å²) in [5.74, 6) is -2.47. The van der Waals surface area contributed by atoms with Crippen molar-refractivity contribution in [2.75, 3.05) is 14.1 Å². The Hall–Kier alpha value is -3.30. The van der Waals surface area contributed by atoms with E-state index in [1.807, 2.05) is 0 Å². The summed E-state index contributed by atoms with van der Waals surface area (Å²) in [6, 6.07) is 4.29. The van der Waals surface area contributed by atoms with Crippen LogP contribution in [0.15, 0.2) is 30.5 Å². The third-order valence-corrected chi connectivity index (χ3v) is 3.52. The van der Waals surface area contributed by atoms with E-state index in [0.29, 0.717) is 5.56 Å². The molecule has 1 atom stereocenters. The van der Waals surface area contributed by atoms with E-state index in [1.165, 1.54) is 40.0 Å². The molecule has 2 aromatic rings. The summed E-state index contributed by atoms with van der Waals surface area (Å²) in [5.41, 5.74) is 0.381. The molecule has 26 heavy (non-hydrogen) atoms. The number of carbonyl (C=O) groups is 3. The van der Waals surface area contributed by atoms with Gasteiger partial charge in [0.05, 0.1) is 18.7 Å². The van der Waals surface area contributed by atoms with E-state index >= 15 is 0 Å². The Morgan fingerprint density at radius 1 is 1.27 bits per heavy atom. The van der Waals surface area contributed by atoms with Crippen molar-refractivity contribution in [2.45, 2.75) is 19.0 Å². The number of hydrogen-bond donors (Lipinski definition) is 2. The van der Waals surface area contributed by atoms with E-state index in [-0.39, 0.29) is 24.6 Å². The van der Waals surface area contributed by atoms with Crippen LogP contribution in [0.1, 0.15) is 28.5 Å². The second kappa shape index (κ2) is 8.19. The molecule has 0 aliphatic rings. The number of nitrogens with one attached hydrogen (secondary N) is 1. The predicted molar refractivity (Wildman–Crippen MR) is 87.6 cm³/mol. The minimum Gasteiger partial charge on any atom is -0.481 e. The van der Waals surface area contributed by atoms with Gasteiger partial charge in [0, 0.05) is 14.1 Å². The Balaban J connectivity index is 2.11. The van der Waals surface area contributed by atoms with E-state index in [4.69, 9.17) is 5.11 Å². The first-order valence-electron chi connectivity index (χ1n) is 7.64. The zero-order valence-corrected chi connectivity index (χ0v) is 14.2. The second-order valence-corrected chi connectivity index (χ2v) is 5.76. The molecule has 10 heteroatoms. The van der Waals surface area contributed by atoms with Gasteiger partial charge in [-0.2, -0.15) is 0 Å². The molecular weight excluding hydrogens is 345 g/mol. The highest BCUT2D eigenvalue weighted by Gasteiger charge is 2.21. The molecule has 1 unspecified atom stereocenters. The van der Waals surface area contributed by atoms with Crippen LogP contribution in [0.2, 0.25) is 0 Å². The lowest BCUT2D eigenvalue weighted by atomic mass is 10.0. The van der Waals surface area contributed by atoms with Gasteiger partial charge in [-0.25, -0.2) is 9.07 Å². The smallest absolute Gasteiger partial charge is 0.305 e. The van der Waals surface area contributed by atoms with Crippen molar-refractivity contribution < 1.29 is 23.9 Å². The maximum absolute atomic E-state index is 13.0. The maximum atomic E-state index is 13.0. The van der Waals surface area contributed by atoms with E-state index in [9.17, 15) is 18.8 Å². The summed E-state index contributed by atoms with van der Waals surface area (Å²) in [7, 11) is 3.18. The Bertz CT molecular complexity index is 803. The van der Waals surface area contributed by atoms with Gasteiger partial charge in [0.15, 0.2) is 5.69 Å². The SMILES string of the molecule is CN(C)C(=O)Cn1cc(C(=O)NC(CC(=O)O)c2ccc(F)cc2)nn1. The zero-order valence-electron chi connectivity index (χ0n) is 14.2. The number of aromatic nitrogens is 3. The highest BCUT2D eigenvalue weighted by Crippen LogP contribution is 2.18. The van der Waals surface area contributed by atoms with Crippen molar-refractivity contribution in [1.82, 2.24) is 25.2 Å². The van der Waals surface area contributed by atoms with Gasteiger partial charge in [-0.05, 0) is 17.7 Å². The molecule has 2 N–H and O–H groups in total. The number of aliphatic carboxylic acids is 1. The zero-order chi connectivity index (χ0) is 19.3. The quantitative estimate of drug-likeness (QED) is 0.738. The van der Waals surface area contributed by atoms with E-state index in [0.717, 1.165) is 0 Å². The number of carboxylic acids is 1. The number of benzene rings is 1. The van der Waals surface area contributed by atoms with Crippen LogP contribution in [0.4, 0.5) is 4.39 Å². The fourth-order valence-electron chi connectivity index (χ4n) is 2.11. The second-order valence-electron chi connectivity index (χ2n) is 5.76. The Kier molecular flexibility index (Phi) is 5.99. The Morgan fingerprint density at radius 2 is 1.92 bits per heavy atom.